The van der Waals surface area contributed by atoms with Gasteiger partial charge in [-0.2, -0.15) is 13.2 Å². The number of aryl methyl sites for hydroxylation is 2. The second-order valence-electron chi connectivity index (χ2n) is 9.61. The molecule has 1 aliphatic carbocycles. The van der Waals surface area contributed by atoms with E-state index in [4.69, 9.17) is 0 Å². The van der Waals surface area contributed by atoms with Gasteiger partial charge in [0.2, 0.25) is 0 Å². The number of alkyl halides is 3. The first-order chi connectivity index (χ1) is 16.5. The van der Waals surface area contributed by atoms with E-state index in [1.54, 1.807) is 12.1 Å². The van der Waals surface area contributed by atoms with E-state index >= 15 is 0 Å². The summed E-state index contributed by atoms with van der Waals surface area (Å²) in [6.45, 7) is 13.6. The number of halogens is 3. The molecule has 0 amide bonds. The summed E-state index contributed by atoms with van der Waals surface area (Å²) in [4.78, 5) is 0. The van der Waals surface area contributed by atoms with Gasteiger partial charge in [-0.15, -0.1) is 0 Å². The number of unbranched alkanes of at least 4 members (excludes halogenated alkanes) is 1. The van der Waals surface area contributed by atoms with Gasteiger partial charge in [0.15, 0.2) is 0 Å². The second-order valence-corrected chi connectivity index (χ2v) is 9.61. The molecule has 1 unspecified atom stereocenters. The molecule has 0 bridgehead atoms. The van der Waals surface area contributed by atoms with E-state index in [0.717, 1.165) is 47.6 Å². The van der Waals surface area contributed by atoms with E-state index < -0.39 is 12.1 Å². The maximum absolute atomic E-state index is 12.7. The Morgan fingerprint density at radius 1 is 0.829 bits per heavy atom. The van der Waals surface area contributed by atoms with Crippen molar-refractivity contribution in [3.8, 4) is 5.75 Å². The third-order valence-corrected chi connectivity index (χ3v) is 6.71. The van der Waals surface area contributed by atoms with Gasteiger partial charge in [-0.05, 0) is 60.6 Å². The maximum atomic E-state index is 12.7. The number of allylic oxidation sites excluding steroid dienone is 1. The van der Waals surface area contributed by atoms with Gasteiger partial charge in [0.25, 0.3) is 0 Å². The predicted octanol–water partition coefficient (Wildman–Crippen LogP) is 10.3. The average molecular weight is 491 g/mol. The summed E-state index contributed by atoms with van der Waals surface area (Å²) in [5.41, 5.74) is 4.65. The lowest BCUT2D eigenvalue weighted by molar-refractivity contribution is -0.156. The van der Waals surface area contributed by atoms with Crippen molar-refractivity contribution >= 4 is 6.08 Å². The van der Waals surface area contributed by atoms with Crippen LogP contribution in [0.2, 0.25) is 0 Å². The van der Waals surface area contributed by atoms with Crippen LogP contribution in [0.3, 0.4) is 0 Å². The molecular weight excluding hydrogens is 445 g/mol. The lowest BCUT2D eigenvalue weighted by Gasteiger charge is -2.34. The van der Waals surface area contributed by atoms with E-state index in [-0.39, 0.29) is 11.2 Å². The van der Waals surface area contributed by atoms with Gasteiger partial charge in [-0.1, -0.05) is 109 Å². The summed E-state index contributed by atoms with van der Waals surface area (Å²) in [6, 6.07) is 11.7. The van der Waals surface area contributed by atoms with Crippen molar-refractivity contribution in [3.05, 3.63) is 70.3 Å². The lowest BCUT2D eigenvalue weighted by atomic mass is 9.70. The standard InChI is InChI=1S/C24H29F3O.C4H10.C3H6/c1-6-23(7-2,21-12-13-22(28)17(4)15-21)20-11-10-19(16(3)14-20)9-8-18(5)24(25,26)27;1-3-4-2;1-2-3-1/h8-15,18,28H,6-7H2,1-5H3;3-4H2,1-2H3;1-3H2/b9-8+;;. The van der Waals surface area contributed by atoms with Gasteiger partial charge >= 0.3 is 6.18 Å². The zero-order valence-electron chi connectivity index (χ0n) is 22.7. The SMILES string of the molecule is C1CC1.CCC(CC)(c1ccc(O)c(C)c1)c1ccc(/C=C/C(C)C(F)(F)F)c(C)c1.CCCC. The molecule has 1 saturated carbocycles. The van der Waals surface area contributed by atoms with Gasteiger partial charge in [-0.3, -0.25) is 0 Å². The Balaban J connectivity index is 0.000000758. The van der Waals surface area contributed by atoms with Crippen LogP contribution in [-0.2, 0) is 5.41 Å². The molecule has 2 aromatic carbocycles. The molecule has 1 N–H and O–H groups in total. The Kier molecular flexibility index (Phi) is 12.6. The molecule has 0 heterocycles. The molecule has 0 saturated heterocycles. The number of hydrogen-bond donors (Lipinski definition) is 1. The van der Waals surface area contributed by atoms with Crippen LogP contribution in [0, 0.1) is 19.8 Å². The van der Waals surface area contributed by atoms with Crippen LogP contribution in [0.25, 0.3) is 6.08 Å². The fourth-order valence-corrected chi connectivity index (χ4v) is 3.70. The van der Waals surface area contributed by atoms with E-state index in [1.807, 2.05) is 38.1 Å². The maximum Gasteiger partial charge on any atom is 0.394 e. The number of phenolic OH excluding ortho intramolecular Hbond substituents is 1. The number of aromatic hydroxyl groups is 1. The molecule has 35 heavy (non-hydrogen) atoms. The molecule has 0 aliphatic heterocycles. The van der Waals surface area contributed by atoms with Crippen LogP contribution >= 0.6 is 0 Å². The predicted molar refractivity (Wildman–Crippen MR) is 144 cm³/mol. The van der Waals surface area contributed by atoms with Crippen LogP contribution in [-0.4, -0.2) is 11.3 Å². The first-order valence-corrected chi connectivity index (χ1v) is 13.1. The van der Waals surface area contributed by atoms with Crippen molar-refractivity contribution < 1.29 is 18.3 Å². The number of phenols is 1. The van der Waals surface area contributed by atoms with E-state index in [2.05, 4.69) is 33.8 Å². The Hall–Kier alpha value is -2.23. The highest BCUT2D eigenvalue weighted by Crippen LogP contribution is 2.41. The van der Waals surface area contributed by atoms with Crippen molar-refractivity contribution in [2.45, 2.75) is 105 Å². The summed E-state index contributed by atoms with van der Waals surface area (Å²) < 4.78 is 38.2. The molecular formula is C31H45F3O. The van der Waals surface area contributed by atoms with E-state index in [1.165, 1.54) is 38.2 Å². The topological polar surface area (TPSA) is 20.2 Å². The molecule has 2 aromatic rings. The van der Waals surface area contributed by atoms with Gasteiger partial charge < -0.3 is 5.11 Å². The number of benzene rings is 2. The van der Waals surface area contributed by atoms with Gasteiger partial charge in [0.05, 0.1) is 5.92 Å². The fourth-order valence-electron chi connectivity index (χ4n) is 3.70. The molecule has 4 heteroatoms. The summed E-state index contributed by atoms with van der Waals surface area (Å²) in [7, 11) is 0. The molecule has 0 radical (unpaired) electrons. The summed E-state index contributed by atoms with van der Waals surface area (Å²) in [5.74, 6) is -1.20. The normalized spacial score (nSPS) is 14.0. The Morgan fingerprint density at radius 3 is 1.69 bits per heavy atom. The monoisotopic (exact) mass is 490 g/mol. The Morgan fingerprint density at radius 2 is 1.31 bits per heavy atom. The van der Waals surface area contributed by atoms with E-state index in [9.17, 15) is 18.3 Å². The highest BCUT2D eigenvalue weighted by molar-refractivity contribution is 5.56. The zero-order valence-corrected chi connectivity index (χ0v) is 22.7. The second kappa shape index (κ2) is 14.4. The molecule has 1 nitrogen and oxygen atoms in total. The minimum atomic E-state index is -4.22. The van der Waals surface area contributed by atoms with Gasteiger partial charge in [0.1, 0.15) is 5.75 Å². The minimum absolute atomic E-state index is 0.204. The summed E-state index contributed by atoms with van der Waals surface area (Å²) in [5, 5.41) is 9.88. The fraction of sp³-hybridized carbons (Fsp3) is 0.548. The van der Waals surface area contributed by atoms with Crippen molar-refractivity contribution in [2.24, 2.45) is 5.92 Å². The lowest BCUT2D eigenvalue weighted by Crippen LogP contribution is -2.26. The van der Waals surface area contributed by atoms with Crippen molar-refractivity contribution in [2.75, 3.05) is 0 Å². The molecule has 0 spiro atoms. The third kappa shape index (κ3) is 9.39. The number of rotatable bonds is 7. The average Bonchev–Trinajstić information content (AvgIpc) is 3.71. The first-order valence-electron chi connectivity index (χ1n) is 13.1. The zero-order chi connectivity index (χ0) is 26.6. The largest absolute Gasteiger partial charge is 0.508 e. The smallest absolute Gasteiger partial charge is 0.394 e. The molecule has 1 aliphatic rings. The molecule has 196 valence electrons. The summed E-state index contributed by atoms with van der Waals surface area (Å²) >= 11 is 0. The quantitative estimate of drug-likeness (QED) is 0.409. The molecule has 1 fully saturated rings. The highest BCUT2D eigenvalue weighted by atomic mass is 19.4. The minimum Gasteiger partial charge on any atom is -0.508 e. The van der Waals surface area contributed by atoms with Crippen molar-refractivity contribution in [3.63, 3.8) is 0 Å². The van der Waals surface area contributed by atoms with Crippen LogP contribution in [0.15, 0.2) is 42.5 Å². The highest BCUT2D eigenvalue weighted by Gasteiger charge is 2.34. The van der Waals surface area contributed by atoms with Gasteiger partial charge in [-0.25, -0.2) is 0 Å². The van der Waals surface area contributed by atoms with Gasteiger partial charge in [0, 0.05) is 5.41 Å². The summed E-state index contributed by atoms with van der Waals surface area (Å²) in [6.07, 6.45) is 7.45. The van der Waals surface area contributed by atoms with Crippen molar-refractivity contribution in [1.29, 1.82) is 0 Å². The van der Waals surface area contributed by atoms with Crippen LogP contribution in [0.5, 0.6) is 5.75 Å². The van der Waals surface area contributed by atoms with Crippen LogP contribution in [0.4, 0.5) is 13.2 Å². The molecule has 0 aromatic heterocycles. The van der Waals surface area contributed by atoms with Crippen LogP contribution < -0.4 is 0 Å². The number of hydrogen-bond acceptors (Lipinski definition) is 1. The molecule has 3 rings (SSSR count). The van der Waals surface area contributed by atoms with Crippen LogP contribution in [0.1, 0.15) is 107 Å². The third-order valence-electron chi connectivity index (χ3n) is 6.71. The van der Waals surface area contributed by atoms with Crippen molar-refractivity contribution in [1.82, 2.24) is 0 Å². The first kappa shape index (κ1) is 30.8. The molecule has 1 atom stereocenters. The Labute approximate surface area is 211 Å². The van der Waals surface area contributed by atoms with E-state index in [0.29, 0.717) is 0 Å². The Bertz CT molecular complexity index is 917.